The summed E-state index contributed by atoms with van der Waals surface area (Å²) in [4.78, 5) is 11.8. The zero-order valence-electron chi connectivity index (χ0n) is 10.8. The third-order valence-corrected chi connectivity index (χ3v) is 2.74. The number of hydrogen-bond donors (Lipinski definition) is 1. The number of rotatable bonds is 6. The molecule has 1 aromatic heterocycles. The molecule has 0 aliphatic heterocycles. The van der Waals surface area contributed by atoms with Gasteiger partial charge in [-0.25, -0.2) is 0 Å². The first-order chi connectivity index (χ1) is 10.0. The number of anilines is 1. The van der Waals surface area contributed by atoms with E-state index in [2.05, 4.69) is 15.2 Å². The predicted octanol–water partition coefficient (Wildman–Crippen LogP) is 3.17. The molecule has 0 atom stereocenters. The lowest BCUT2D eigenvalue weighted by molar-refractivity contribution is -0.116. The summed E-state index contributed by atoms with van der Waals surface area (Å²) in [5, 5.41) is 6.93. The summed E-state index contributed by atoms with van der Waals surface area (Å²) in [5.41, 5.74) is 0.196. The highest BCUT2D eigenvalue weighted by atomic mass is 35.5. The Kier molecular flexibility index (Phi) is 5.10. The van der Waals surface area contributed by atoms with Gasteiger partial charge in [-0.1, -0.05) is 23.7 Å². The van der Waals surface area contributed by atoms with E-state index in [1.54, 1.807) is 18.3 Å². The highest BCUT2D eigenvalue weighted by Gasteiger charge is 2.11. The van der Waals surface area contributed by atoms with E-state index < -0.39 is 6.61 Å². The molecule has 21 heavy (non-hydrogen) atoms. The van der Waals surface area contributed by atoms with E-state index in [1.165, 1.54) is 23.0 Å². The van der Waals surface area contributed by atoms with Gasteiger partial charge in [-0.3, -0.25) is 9.48 Å². The quantitative estimate of drug-likeness (QED) is 0.891. The maximum atomic E-state index is 12.3. The molecule has 2 aromatic rings. The minimum atomic E-state index is -2.95. The highest BCUT2D eigenvalue weighted by Crippen LogP contribution is 2.25. The van der Waals surface area contributed by atoms with Crippen LogP contribution < -0.4 is 10.1 Å². The molecule has 112 valence electrons. The summed E-state index contributed by atoms with van der Waals surface area (Å²) in [5.74, 6) is -0.421. The fourth-order valence-corrected chi connectivity index (χ4v) is 1.81. The molecule has 0 saturated carbocycles. The average Bonchev–Trinajstić information content (AvgIpc) is 2.84. The fraction of sp³-hybridized carbons (Fsp3) is 0.231. The molecule has 5 nitrogen and oxygen atoms in total. The van der Waals surface area contributed by atoms with E-state index in [-0.39, 0.29) is 23.8 Å². The monoisotopic (exact) mass is 315 g/mol. The van der Waals surface area contributed by atoms with Crippen molar-refractivity contribution in [3.05, 3.63) is 41.7 Å². The number of nitrogens with zero attached hydrogens (tertiary/aromatic N) is 2. The normalized spacial score (nSPS) is 10.7. The Hall–Kier alpha value is -2.15. The van der Waals surface area contributed by atoms with Crippen LogP contribution in [-0.2, 0) is 11.3 Å². The van der Waals surface area contributed by atoms with Crippen molar-refractivity contribution >= 4 is 23.2 Å². The second-order valence-corrected chi connectivity index (χ2v) is 4.53. The predicted molar refractivity (Wildman–Crippen MR) is 73.6 cm³/mol. The Morgan fingerprint density at radius 3 is 2.86 bits per heavy atom. The second kappa shape index (κ2) is 7.03. The van der Waals surface area contributed by atoms with Gasteiger partial charge in [0.1, 0.15) is 5.75 Å². The van der Waals surface area contributed by atoms with Crippen molar-refractivity contribution in [1.82, 2.24) is 9.78 Å². The van der Waals surface area contributed by atoms with Gasteiger partial charge in [-0.05, 0) is 12.1 Å². The van der Waals surface area contributed by atoms with E-state index in [0.717, 1.165) is 0 Å². The molecule has 0 saturated heterocycles. The van der Waals surface area contributed by atoms with Gasteiger partial charge in [0.05, 0.1) is 16.9 Å². The van der Waals surface area contributed by atoms with E-state index >= 15 is 0 Å². The molecule has 8 heteroatoms. The van der Waals surface area contributed by atoms with Crippen LogP contribution in [0.2, 0.25) is 5.02 Å². The van der Waals surface area contributed by atoms with Gasteiger partial charge in [-0.15, -0.1) is 0 Å². The largest absolute Gasteiger partial charge is 0.433 e. The number of aromatic nitrogens is 2. The van der Waals surface area contributed by atoms with Crippen LogP contribution in [0.1, 0.15) is 6.42 Å². The van der Waals surface area contributed by atoms with Crippen LogP contribution in [0.25, 0.3) is 0 Å². The van der Waals surface area contributed by atoms with E-state index in [0.29, 0.717) is 11.6 Å². The number of para-hydroxylation sites is 2. The van der Waals surface area contributed by atoms with Crippen LogP contribution in [0.4, 0.5) is 14.5 Å². The number of hydrogen-bond acceptors (Lipinski definition) is 3. The van der Waals surface area contributed by atoms with Crippen LogP contribution >= 0.6 is 11.6 Å². The third-order valence-electron chi connectivity index (χ3n) is 2.55. The Morgan fingerprint density at radius 1 is 1.43 bits per heavy atom. The first-order valence-electron chi connectivity index (χ1n) is 6.06. The number of amides is 1. The number of alkyl halides is 2. The molecule has 2 rings (SSSR count). The summed E-state index contributed by atoms with van der Waals surface area (Å²) in [6.07, 6.45) is 3.18. The van der Waals surface area contributed by atoms with Crippen molar-refractivity contribution in [2.75, 3.05) is 5.32 Å². The molecule has 1 aromatic carbocycles. The second-order valence-electron chi connectivity index (χ2n) is 4.09. The SMILES string of the molecule is O=C(CCn1cc(Cl)cn1)Nc1ccccc1OC(F)F. The zero-order valence-corrected chi connectivity index (χ0v) is 11.6. The summed E-state index contributed by atoms with van der Waals surface area (Å²) in [6.45, 7) is -2.62. The molecule has 0 aliphatic carbocycles. The van der Waals surface area contributed by atoms with Gasteiger partial charge in [0.25, 0.3) is 0 Å². The number of ether oxygens (including phenoxy) is 1. The third kappa shape index (κ3) is 4.71. The number of carbonyl (C=O) groups excluding carboxylic acids is 1. The molecule has 0 aliphatic rings. The van der Waals surface area contributed by atoms with Crippen LogP contribution in [0.15, 0.2) is 36.7 Å². The molecule has 0 fully saturated rings. The molecule has 1 amide bonds. The van der Waals surface area contributed by atoms with Gasteiger partial charge >= 0.3 is 6.61 Å². The standard InChI is InChI=1S/C13H12ClF2N3O2/c14-9-7-17-19(8-9)6-5-12(20)18-10-3-1-2-4-11(10)21-13(15)16/h1-4,7-8,13H,5-6H2,(H,18,20). The van der Waals surface area contributed by atoms with Gasteiger partial charge in [0.2, 0.25) is 5.91 Å². The smallest absolute Gasteiger partial charge is 0.387 e. The summed E-state index contributed by atoms with van der Waals surface area (Å²) in [7, 11) is 0. The van der Waals surface area contributed by atoms with E-state index in [1.807, 2.05) is 0 Å². The van der Waals surface area contributed by atoms with Gasteiger partial charge in [-0.2, -0.15) is 13.9 Å². The first-order valence-corrected chi connectivity index (χ1v) is 6.44. The summed E-state index contributed by atoms with van der Waals surface area (Å²) >= 11 is 5.70. The van der Waals surface area contributed by atoms with Crippen molar-refractivity contribution < 1.29 is 18.3 Å². The average molecular weight is 316 g/mol. The molecule has 1 N–H and O–H groups in total. The first kappa shape index (κ1) is 15.2. The highest BCUT2D eigenvalue weighted by molar-refractivity contribution is 6.30. The zero-order chi connectivity index (χ0) is 15.2. The maximum Gasteiger partial charge on any atom is 0.387 e. The molecular weight excluding hydrogens is 304 g/mol. The van der Waals surface area contributed by atoms with Crippen molar-refractivity contribution in [1.29, 1.82) is 0 Å². The topological polar surface area (TPSA) is 56.2 Å². The number of halogens is 3. The molecular formula is C13H12ClF2N3O2. The van der Waals surface area contributed by atoms with Crippen molar-refractivity contribution in [2.45, 2.75) is 19.6 Å². The molecule has 0 bridgehead atoms. The number of aryl methyl sites for hydroxylation is 1. The Bertz CT molecular complexity index is 619. The van der Waals surface area contributed by atoms with Crippen molar-refractivity contribution in [3.63, 3.8) is 0 Å². The molecule has 0 spiro atoms. The van der Waals surface area contributed by atoms with Crippen LogP contribution in [0, 0.1) is 0 Å². The maximum absolute atomic E-state index is 12.3. The summed E-state index contributed by atoms with van der Waals surface area (Å²) in [6, 6.07) is 6.00. The lowest BCUT2D eigenvalue weighted by Gasteiger charge is -2.11. The number of carbonyl (C=O) groups is 1. The van der Waals surface area contributed by atoms with Crippen LogP contribution in [0.5, 0.6) is 5.75 Å². The van der Waals surface area contributed by atoms with Crippen LogP contribution in [0.3, 0.4) is 0 Å². The minimum absolute atomic E-state index is 0.0806. The summed E-state index contributed by atoms with van der Waals surface area (Å²) < 4.78 is 30.3. The Morgan fingerprint density at radius 2 is 2.19 bits per heavy atom. The Balaban J connectivity index is 1.93. The Labute approximate surface area is 124 Å². The number of nitrogens with one attached hydrogen (secondary N) is 1. The molecule has 1 heterocycles. The lowest BCUT2D eigenvalue weighted by Crippen LogP contribution is -2.16. The number of benzene rings is 1. The van der Waals surface area contributed by atoms with Gasteiger partial charge < -0.3 is 10.1 Å². The van der Waals surface area contributed by atoms with E-state index in [4.69, 9.17) is 11.6 Å². The fourth-order valence-electron chi connectivity index (χ4n) is 1.66. The minimum Gasteiger partial charge on any atom is -0.433 e. The van der Waals surface area contributed by atoms with Crippen molar-refractivity contribution in [3.8, 4) is 5.75 Å². The molecule has 0 unspecified atom stereocenters. The lowest BCUT2D eigenvalue weighted by atomic mass is 10.3. The van der Waals surface area contributed by atoms with Crippen molar-refractivity contribution in [2.24, 2.45) is 0 Å². The van der Waals surface area contributed by atoms with Gasteiger partial charge in [0, 0.05) is 19.2 Å². The van der Waals surface area contributed by atoms with Crippen LogP contribution in [-0.4, -0.2) is 22.3 Å². The van der Waals surface area contributed by atoms with Gasteiger partial charge in [0.15, 0.2) is 0 Å². The van der Waals surface area contributed by atoms with E-state index in [9.17, 15) is 13.6 Å². The molecule has 0 radical (unpaired) electrons.